The van der Waals surface area contributed by atoms with E-state index in [0.717, 1.165) is 10.9 Å². The van der Waals surface area contributed by atoms with Crippen molar-refractivity contribution < 1.29 is 69.5 Å². The highest BCUT2D eigenvalue weighted by molar-refractivity contribution is 7.47. The highest BCUT2D eigenvalue weighted by Gasteiger charge is 2.53. The van der Waals surface area contributed by atoms with E-state index in [1.165, 1.54) is 23.4 Å². The number of halogens is 3. The maximum absolute atomic E-state index is 13.7. The monoisotopic (exact) mass is 764 g/mol. The van der Waals surface area contributed by atoms with E-state index in [0.29, 0.717) is 5.65 Å². The maximum Gasteiger partial charge on any atom is 0.572 e. The summed E-state index contributed by atoms with van der Waals surface area (Å²) in [5.41, 5.74) is 4.86. The third-order valence-electron chi connectivity index (χ3n) is 7.80. The normalized spacial score (nSPS) is 32.1. The molecular weight excluding hydrogens is 743 g/mol. The van der Waals surface area contributed by atoms with Gasteiger partial charge in [-0.25, -0.2) is 29.1 Å². The SMILES string of the molecule is Nc1nc2c(ncn2[C@@H]2OC3=C(OC(F)(F)F)C2OP(=O)(O)OC[C@H]2O[C@@H](n4cnc5c4ncn4ccnc54)C(O)C2OP(=O)(O)OC3)c(=O)[nH]1. The van der Waals surface area contributed by atoms with E-state index in [1.54, 1.807) is 10.6 Å². The largest absolute Gasteiger partial charge is 0.572 e. The third-order valence-corrected chi connectivity index (χ3v) is 9.74. The van der Waals surface area contributed by atoms with Gasteiger partial charge in [0.25, 0.3) is 5.56 Å². The topological polar surface area (TPSA) is 297 Å². The lowest BCUT2D eigenvalue weighted by Gasteiger charge is -2.26. The number of nitrogen functional groups attached to an aromatic ring is 1. The van der Waals surface area contributed by atoms with Gasteiger partial charge in [-0.3, -0.25) is 41.4 Å². The molecule has 6 N–H and O–H groups in total. The predicted octanol–water partition coefficient (Wildman–Crippen LogP) is 0.347. The summed E-state index contributed by atoms with van der Waals surface area (Å²) < 4.78 is 107. The van der Waals surface area contributed by atoms with Crippen molar-refractivity contribution in [3.63, 3.8) is 0 Å². The van der Waals surface area contributed by atoms with Crippen LogP contribution >= 0.6 is 15.6 Å². The number of aromatic amines is 1. The quantitative estimate of drug-likeness (QED) is 0.155. The molecular formula is C23H21F3N10O13P2. The van der Waals surface area contributed by atoms with Gasteiger partial charge in [0, 0.05) is 12.4 Å². The number of nitrogens with one attached hydrogen (secondary N) is 1. The lowest BCUT2D eigenvalue weighted by atomic mass is 10.1. The number of aliphatic hydroxyl groups excluding tert-OH is 1. The zero-order chi connectivity index (χ0) is 36.0. The number of nitrogens with zero attached hydrogens (tertiary/aromatic N) is 8. The van der Waals surface area contributed by atoms with E-state index in [1.807, 2.05) is 0 Å². The molecule has 3 aliphatic heterocycles. The molecule has 0 spiro atoms. The number of rotatable bonds is 3. The van der Waals surface area contributed by atoms with Gasteiger partial charge < -0.3 is 34.8 Å². The molecule has 8 heterocycles. The lowest BCUT2D eigenvalue weighted by molar-refractivity contribution is -0.310. The van der Waals surface area contributed by atoms with Gasteiger partial charge in [-0.1, -0.05) is 0 Å². The van der Waals surface area contributed by atoms with Crippen LogP contribution in [0.3, 0.4) is 0 Å². The molecule has 23 nitrogen and oxygen atoms in total. The van der Waals surface area contributed by atoms with Crippen LogP contribution in [-0.2, 0) is 41.4 Å². The Labute approximate surface area is 278 Å². The molecule has 0 aromatic carbocycles. The average Bonchev–Trinajstić information content (AvgIpc) is 3.86. The Bertz CT molecular complexity index is 2380. The number of nitrogens with two attached hydrogens (primary N) is 1. The molecule has 51 heavy (non-hydrogen) atoms. The smallest absolute Gasteiger partial charge is 0.465 e. The molecule has 3 aliphatic rings. The van der Waals surface area contributed by atoms with Crippen molar-refractivity contribution in [3.8, 4) is 0 Å². The first-order chi connectivity index (χ1) is 24.1. The molecule has 5 aromatic heterocycles. The van der Waals surface area contributed by atoms with Crippen molar-refractivity contribution in [3.05, 3.63) is 53.2 Å². The van der Waals surface area contributed by atoms with Crippen molar-refractivity contribution in [2.75, 3.05) is 18.9 Å². The van der Waals surface area contributed by atoms with Crippen LogP contribution in [0, 0.1) is 0 Å². The van der Waals surface area contributed by atoms with Crippen molar-refractivity contribution >= 4 is 49.6 Å². The summed E-state index contributed by atoms with van der Waals surface area (Å²) >= 11 is 0. The van der Waals surface area contributed by atoms with Gasteiger partial charge in [-0.05, 0) is 0 Å². The second-order valence-corrected chi connectivity index (χ2v) is 13.8. The van der Waals surface area contributed by atoms with E-state index in [4.69, 9.17) is 33.3 Å². The van der Waals surface area contributed by atoms with E-state index in [-0.39, 0.29) is 22.3 Å². The standard InChI is InChI=1S/C23H21F3N10O13P2/c24-23(25,26)47-14-9-4-44-50(39,40)48-13-8(45-20(12(13)37)35-6-29-10-16-28-1-2-34(16)5-31-17(10)35)3-43-51(41,42)49-15(14)21(46-9)36-7-30-11-18(36)32-22(27)33-19(11)38/h1-2,5-8,12-13,15,20-21,37H,3-4H2,(H,39,40)(H,41,42)(H3,27,32,33,38)/t8-,12?,13?,15?,20-,21-/m1/s1. The summed E-state index contributed by atoms with van der Waals surface area (Å²) in [6.45, 7) is -2.33. The Morgan fingerprint density at radius 2 is 1.69 bits per heavy atom. The minimum atomic E-state index is -5.50. The highest BCUT2D eigenvalue weighted by atomic mass is 31.2. The predicted molar refractivity (Wildman–Crippen MR) is 154 cm³/mol. The molecule has 8 atom stereocenters. The molecule has 1 saturated heterocycles. The fourth-order valence-corrected chi connectivity index (χ4v) is 7.54. The fraction of sp³-hybridized carbons (Fsp3) is 0.391. The average molecular weight is 764 g/mol. The summed E-state index contributed by atoms with van der Waals surface area (Å²) in [5, 5.41) is 11.3. The number of phosphoric ester groups is 2. The molecule has 272 valence electrons. The number of hydrogen-bond donors (Lipinski definition) is 5. The molecule has 0 radical (unpaired) electrons. The van der Waals surface area contributed by atoms with E-state index in [2.05, 4.69) is 34.6 Å². The van der Waals surface area contributed by atoms with E-state index in [9.17, 15) is 42.0 Å². The number of aromatic nitrogens is 9. The second-order valence-electron chi connectivity index (χ2n) is 11.0. The summed E-state index contributed by atoms with van der Waals surface area (Å²) in [6, 6.07) is 0. The van der Waals surface area contributed by atoms with Crippen LogP contribution in [0.1, 0.15) is 12.5 Å². The van der Waals surface area contributed by atoms with Crippen LogP contribution in [0.2, 0.25) is 0 Å². The molecule has 2 bridgehead atoms. The molecule has 0 saturated carbocycles. The van der Waals surface area contributed by atoms with Crippen molar-refractivity contribution in [1.82, 2.24) is 43.4 Å². The van der Waals surface area contributed by atoms with Crippen LogP contribution in [0.5, 0.6) is 0 Å². The number of aliphatic hydroxyl groups is 1. The van der Waals surface area contributed by atoms with Gasteiger partial charge in [0.05, 0.1) is 12.9 Å². The first-order valence-electron chi connectivity index (χ1n) is 14.2. The van der Waals surface area contributed by atoms with Gasteiger partial charge in [-0.2, -0.15) is 4.98 Å². The Kier molecular flexibility index (Phi) is 7.77. The van der Waals surface area contributed by atoms with Gasteiger partial charge in [0.1, 0.15) is 37.6 Å². The summed E-state index contributed by atoms with van der Waals surface area (Å²) in [7, 11) is -10.9. The van der Waals surface area contributed by atoms with Gasteiger partial charge in [0.2, 0.25) is 12.2 Å². The Hall–Kier alpha value is -4.49. The van der Waals surface area contributed by atoms with Crippen molar-refractivity contribution in [2.24, 2.45) is 0 Å². The van der Waals surface area contributed by atoms with Gasteiger partial charge in [-0.15, -0.1) is 13.2 Å². The van der Waals surface area contributed by atoms with Crippen LogP contribution < -0.4 is 11.3 Å². The minimum absolute atomic E-state index is 0.154. The number of hydrogen-bond acceptors (Lipinski definition) is 17. The number of phosphoric acid groups is 2. The van der Waals surface area contributed by atoms with Crippen LogP contribution in [-0.4, -0.2) is 102 Å². The molecule has 5 unspecified atom stereocenters. The zero-order valence-electron chi connectivity index (χ0n) is 24.9. The Morgan fingerprint density at radius 1 is 0.961 bits per heavy atom. The number of anilines is 1. The van der Waals surface area contributed by atoms with E-state index < -0.39 is 95.1 Å². The Balaban J connectivity index is 1.15. The highest BCUT2D eigenvalue weighted by Crippen LogP contribution is 2.55. The maximum atomic E-state index is 13.7. The van der Waals surface area contributed by atoms with Gasteiger partial charge in [0.15, 0.2) is 51.8 Å². The van der Waals surface area contributed by atoms with Crippen molar-refractivity contribution in [2.45, 2.75) is 43.2 Å². The molecule has 1 fully saturated rings. The second kappa shape index (κ2) is 11.8. The first-order valence-corrected chi connectivity index (χ1v) is 17.2. The molecule has 8 rings (SSSR count). The number of fused-ring (bicyclic) bond motifs is 6. The van der Waals surface area contributed by atoms with Crippen LogP contribution in [0.25, 0.3) is 28.0 Å². The van der Waals surface area contributed by atoms with Crippen LogP contribution in [0.15, 0.2) is 47.7 Å². The fourth-order valence-electron chi connectivity index (χ4n) is 5.74. The summed E-state index contributed by atoms with van der Waals surface area (Å²) in [4.78, 5) is 56.5. The lowest BCUT2D eigenvalue weighted by Crippen LogP contribution is -2.36. The molecule has 0 amide bonds. The third kappa shape index (κ3) is 6.03. The molecule has 0 aliphatic carbocycles. The summed E-state index contributed by atoms with van der Waals surface area (Å²) in [5.74, 6) is -2.75. The summed E-state index contributed by atoms with van der Waals surface area (Å²) in [6.07, 6.45) is -9.93. The number of H-pyrrole nitrogens is 1. The molecule has 5 aromatic rings. The Morgan fingerprint density at radius 3 is 2.45 bits per heavy atom. The molecule has 28 heteroatoms. The number of ether oxygens (including phenoxy) is 3. The van der Waals surface area contributed by atoms with Crippen molar-refractivity contribution in [1.29, 1.82) is 0 Å². The number of imidazole rings is 3. The van der Waals surface area contributed by atoms with Crippen LogP contribution in [0.4, 0.5) is 19.1 Å². The van der Waals surface area contributed by atoms with E-state index >= 15 is 0 Å². The minimum Gasteiger partial charge on any atom is -0.465 e. The first kappa shape index (κ1) is 33.6. The number of alkyl halides is 3. The van der Waals surface area contributed by atoms with Gasteiger partial charge >= 0.3 is 22.0 Å². The zero-order valence-corrected chi connectivity index (χ0v) is 26.7.